The number of pyridine rings is 1. The molecule has 0 spiro atoms. The molecular weight excluding hydrogens is 366 g/mol. The molecular formula is C22H27N5O2. The number of nitriles is 1. The van der Waals surface area contributed by atoms with Crippen molar-refractivity contribution in [1.29, 1.82) is 5.26 Å². The van der Waals surface area contributed by atoms with Gasteiger partial charge in [-0.05, 0) is 25.5 Å². The number of nitrogens with zero attached hydrogens (tertiary/aromatic N) is 4. The molecule has 0 amide bonds. The van der Waals surface area contributed by atoms with Crippen LogP contribution in [0.4, 0.5) is 11.5 Å². The molecule has 3 rings (SSSR count). The van der Waals surface area contributed by atoms with Crippen molar-refractivity contribution in [2.24, 2.45) is 0 Å². The summed E-state index contributed by atoms with van der Waals surface area (Å²) in [5.41, 5.74) is 4.45. The van der Waals surface area contributed by atoms with Gasteiger partial charge in [0, 0.05) is 51.9 Å². The Morgan fingerprint density at radius 2 is 1.86 bits per heavy atom. The number of rotatable bonds is 7. The third kappa shape index (κ3) is 5.46. The molecule has 0 aliphatic carbocycles. The van der Waals surface area contributed by atoms with E-state index in [4.69, 9.17) is 5.26 Å². The highest BCUT2D eigenvalue weighted by molar-refractivity contribution is 5.89. The Morgan fingerprint density at radius 3 is 2.48 bits per heavy atom. The van der Waals surface area contributed by atoms with Crippen LogP contribution in [0.2, 0.25) is 0 Å². The van der Waals surface area contributed by atoms with Gasteiger partial charge in [-0.25, -0.2) is 9.78 Å². The summed E-state index contributed by atoms with van der Waals surface area (Å²) < 4.78 is 0. The SMILES string of the molecule is Cc1cc(C)cc(CNc2cc(C(=O)O)cnc2N2CCN(CCC#N)CC2)c1. The molecule has 7 heteroatoms. The minimum absolute atomic E-state index is 0.171. The summed E-state index contributed by atoms with van der Waals surface area (Å²) in [6.45, 7) is 8.84. The van der Waals surface area contributed by atoms with Crippen LogP contribution in [0.25, 0.3) is 0 Å². The summed E-state index contributed by atoms with van der Waals surface area (Å²) in [4.78, 5) is 20.4. The molecule has 29 heavy (non-hydrogen) atoms. The summed E-state index contributed by atoms with van der Waals surface area (Å²) >= 11 is 0. The van der Waals surface area contributed by atoms with Gasteiger partial charge in [-0.3, -0.25) is 4.90 Å². The van der Waals surface area contributed by atoms with Crippen molar-refractivity contribution in [2.75, 3.05) is 42.9 Å². The first-order chi connectivity index (χ1) is 14.0. The number of piperazine rings is 1. The van der Waals surface area contributed by atoms with Crippen LogP contribution in [0.1, 0.15) is 33.5 Å². The van der Waals surface area contributed by atoms with E-state index >= 15 is 0 Å². The molecule has 1 aliphatic heterocycles. The lowest BCUT2D eigenvalue weighted by Crippen LogP contribution is -2.47. The number of carboxylic acids is 1. The van der Waals surface area contributed by atoms with E-state index in [1.165, 1.54) is 17.3 Å². The Balaban J connectivity index is 1.77. The second kappa shape index (κ2) is 9.39. The van der Waals surface area contributed by atoms with E-state index in [0.717, 1.165) is 49.8 Å². The highest BCUT2D eigenvalue weighted by Crippen LogP contribution is 2.26. The number of carboxylic acid groups (broad SMARTS) is 1. The first-order valence-electron chi connectivity index (χ1n) is 9.85. The van der Waals surface area contributed by atoms with Gasteiger partial charge in [0.05, 0.1) is 17.3 Å². The topological polar surface area (TPSA) is 92.5 Å². The van der Waals surface area contributed by atoms with E-state index in [-0.39, 0.29) is 5.56 Å². The standard InChI is InChI=1S/C22H27N5O2/c1-16-10-17(2)12-18(11-16)14-24-20-13-19(22(28)29)15-25-21(20)27-8-6-26(7-9-27)5-3-4-23/h10-13,15,24H,3,5-9,14H2,1-2H3,(H,28,29). The summed E-state index contributed by atoms with van der Waals surface area (Å²) in [5.74, 6) is -0.209. The van der Waals surface area contributed by atoms with Crippen molar-refractivity contribution in [3.05, 3.63) is 52.7 Å². The third-order valence-electron chi connectivity index (χ3n) is 5.09. The van der Waals surface area contributed by atoms with Crippen LogP contribution in [0.5, 0.6) is 0 Å². The first-order valence-corrected chi connectivity index (χ1v) is 9.85. The summed E-state index contributed by atoms with van der Waals surface area (Å²) in [6, 6.07) is 10.2. The van der Waals surface area contributed by atoms with Gasteiger partial charge in [-0.15, -0.1) is 0 Å². The largest absolute Gasteiger partial charge is 0.478 e. The van der Waals surface area contributed by atoms with Gasteiger partial charge in [0.2, 0.25) is 0 Å². The molecule has 0 radical (unpaired) electrons. The summed E-state index contributed by atoms with van der Waals surface area (Å²) in [6.07, 6.45) is 1.95. The highest BCUT2D eigenvalue weighted by atomic mass is 16.4. The molecule has 152 valence electrons. The first kappa shape index (κ1) is 20.6. The highest BCUT2D eigenvalue weighted by Gasteiger charge is 2.21. The number of aromatic carboxylic acids is 1. The number of aryl methyl sites for hydroxylation is 2. The Bertz CT molecular complexity index is 894. The van der Waals surface area contributed by atoms with Gasteiger partial charge >= 0.3 is 5.97 Å². The lowest BCUT2D eigenvalue weighted by atomic mass is 10.1. The zero-order chi connectivity index (χ0) is 20.8. The van der Waals surface area contributed by atoms with Gasteiger partial charge < -0.3 is 15.3 Å². The van der Waals surface area contributed by atoms with Crippen molar-refractivity contribution in [1.82, 2.24) is 9.88 Å². The molecule has 1 aromatic heterocycles. The average Bonchev–Trinajstić information content (AvgIpc) is 2.70. The molecule has 1 aromatic carbocycles. The average molecular weight is 393 g/mol. The fourth-order valence-electron chi connectivity index (χ4n) is 3.72. The Kier molecular flexibility index (Phi) is 6.68. The molecule has 2 N–H and O–H groups in total. The summed E-state index contributed by atoms with van der Waals surface area (Å²) in [5, 5.41) is 21.5. The van der Waals surface area contributed by atoms with E-state index < -0.39 is 5.97 Å². The summed E-state index contributed by atoms with van der Waals surface area (Å²) in [7, 11) is 0. The number of nitrogens with one attached hydrogen (secondary N) is 1. The van der Waals surface area contributed by atoms with Crippen LogP contribution < -0.4 is 10.2 Å². The number of carbonyl (C=O) groups is 1. The van der Waals surface area contributed by atoms with E-state index in [9.17, 15) is 9.90 Å². The molecule has 1 fully saturated rings. The molecule has 2 aromatic rings. The van der Waals surface area contributed by atoms with E-state index in [1.807, 2.05) is 0 Å². The maximum Gasteiger partial charge on any atom is 0.337 e. The normalized spacial score (nSPS) is 14.4. The van der Waals surface area contributed by atoms with Crippen LogP contribution in [-0.2, 0) is 6.54 Å². The van der Waals surface area contributed by atoms with Crippen LogP contribution in [0.3, 0.4) is 0 Å². The Hall–Kier alpha value is -3.11. The quantitative estimate of drug-likeness (QED) is 0.747. The number of aromatic nitrogens is 1. The van der Waals surface area contributed by atoms with Gasteiger partial charge in [0.15, 0.2) is 5.82 Å². The third-order valence-corrected chi connectivity index (χ3v) is 5.09. The fourth-order valence-corrected chi connectivity index (χ4v) is 3.72. The Morgan fingerprint density at radius 1 is 1.17 bits per heavy atom. The van der Waals surface area contributed by atoms with Crippen LogP contribution >= 0.6 is 0 Å². The molecule has 2 heterocycles. The maximum absolute atomic E-state index is 11.4. The van der Waals surface area contributed by atoms with Crippen molar-refractivity contribution >= 4 is 17.5 Å². The molecule has 0 unspecified atom stereocenters. The molecule has 1 saturated heterocycles. The van der Waals surface area contributed by atoms with Gasteiger partial charge in [-0.1, -0.05) is 29.3 Å². The van der Waals surface area contributed by atoms with Crippen LogP contribution in [-0.4, -0.2) is 53.7 Å². The van der Waals surface area contributed by atoms with E-state index in [1.54, 1.807) is 6.07 Å². The second-order valence-electron chi connectivity index (χ2n) is 7.49. The van der Waals surface area contributed by atoms with Crippen LogP contribution in [0.15, 0.2) is 30.5 Å². The predicted molar refractivity (Wildman–Crippen MR) is 113 cm³/mol. The van der Waals surface area contributed by atoms with Crippen molar-refractivity contribution in [2.45, 2.75) is 26.8 Å². The molecule has 0 atom stereocenters. The Labute approximate surface area is 171 Å². The van der Waals surface area contributed by atoms with E-state index in [2.05, 4.69) is 58.2 Å². The predicted octanol–water partition coefficient (Wildman–Crippen LogP) is 3.04. The zero-order valence-electron chi connectivity index (χ0n) is 17.0. The minimum Gasteiger partial charge on any atom is -0.478 e. The lowest BCUT2D eigenvalue weighted by Gasteiger charge is -2.36. The lowest BCUT2D eigenvalue weighted by molar-refractivity contribution is 0.0696. The van der Waals surface area contributed by atoms with Gasteiger partial charge in [0.1, 0.15) is 0 Å². The number of anilines is 2. The molecule has 0 bridgehead atoms. The smallest absolute Gasteiger partial charge is 0.337 e. The molecule has 7 nitrogen and oxygen atoms in total. The fraction of sp³-hybridized carbons (Fsp3) is 0.409. The van der Waals surface area contributed by atoms with Gasteiger partial charge in [-0.2, -0.15) is 5.26 Å². The van der Waals surface area contributed by atoms with Gasteiger partial charge in [0.25, 0.3) is 0 Å². The monoisotopic (exact) mass is 393 g/mol. The van der Waals surface area contributed by atoms with Crippen molar-refractivity contribution in [3.8, 4) is 6.07 Å². The van der Waals surface area contributed by atoms with Crippen molar-refractivity contribution < 1.29 is 9.90 Å². The second-order valence-corrected chi connectivity index (χ2v) is 7.49. The number of hydrogen-bond acceptors (Lipinski definition) is 6. The zero-order valence-corrected chi connectivity index (χ0v) is 17.0. The van der Waals surface area contributed by atoms with E-state index in [0.29, 0.717) is 13.0 Å². The molecule has 0 saturated carbocycles. The number of hydrogen-bond donors (Lipinski definition) is 2. The van der Waals surface area contributed by atoms with Crippen LogP contribution in [0, 0.1) is 25.2 Å². The minimum atomic E-state index is -0.986. The maximum atomic E-state index is 11.4. The molecule has 1 aliphatic rings. The van der Waals surface area contributed by atoms with Crippen molar-refractivity contribution in [3.63, 3.8) is 0 Å². The number of benzene rings is 1.